The number of amides is 1. The zero-order valence-electron chi connectivity index (χ0n) is 17.2. The molecule has 0 spiro atoms. The van der Waals surface area contributed by atoms with Crippen molar-refractivity contribution in [2.75, 3.05) is 6.54 Å². The molecule has 2 N–H and O–H groups in total. The summed E-state index contributed by atoms with van der Waals surface area (Å²) in [6, 6.07) is 6.80. The number of aliphatic hydroxyl groups is 1. The van der Waals surface area contributed by atoms with E-state index in [1.165, 1.54) is 0 Å². The van der Waals surface area contributed by atoms with Crippen molar-refractivity contribution in [1.82, 2.24) is 4.90 Å². The Morgan fingerprint density at radius 2 is 2.00 bits per heavy atom. The van der Waals surface area contributed by atoms with E-state index in [2.05, 4.69) is 20.8 Å². The number of aliphatic hydroxyl groups excluding tert-OH is 1. The van der Waals surface area contributed by atoms with Crippen LogP contribution in [0.25, 0.3) is 0 Å². The molecule has 1 heterocycles. The highest BCUT2D eigenvalue weighted by molar-refractivity contribution is 5.87. The van der Waals surface area contributed by atoms with Crippen molar-refractivity contribution < 1.29 is 19.8 Å². The molecule has 2 atom stereocenters. The molecule has 1 fully saturated rings. The van der Waals surface area contributed by atoms with Crippen molar-refractivity contribution in [3.8, 4) is 0 Å². The summed E-state index contributed by atoms with van der Waals surface area (Å²) < 4.78 is 0. The van der Waals surface area contributed by atoms with Gasteiger partial charge in [0.05, 0.1) is 17.7 Å². The van der Waals surface area contributed by atoms with Crippen LogP contribution in [0.3, 0.4) is 0 Å². The van der Waals surface area contributed by atoms with Crippen molar-refractivity contribution in [1.29, 1.82) is 0 Å². The highest BCUT2D eigenvalue weighted by Crippen LogP contribution is 2.29. The number of aromatic carboxylic acids is 1. The van der Waals surface area contributed by atoms with Crippen LogP contribution in [0.2, 0.25) is 0 Å². The number of hydrogen-bond acceptors (Lipinski definition) is 3. The van der Waals surface area contributed by atoms with Crippen LogP contribution in [0, 0.1) is 5.41 Å². The second-order valence-electron chi connectivity index (χ2n) is 8.37. The van der Waals surface area contributed by atoms with Gasteiger partial charge < -0.3 is 15.1 Å². The molecular weight excluding hydrogens is 354 g/mol. The summed E-state index contributed by atoms with van der Waals surface area (Å²) in [6.07, 6.45) is 8.46. The minimum Gasteiger partial charge on any atom is -0.478 e. The summed E-state index contributed by atoms with van der Waals surface area (Å²) in [5, 5.41) is 19.5. The largest absolute Gasteiger partial charge is 0.478 e. The number of carbonyl (C=O) groups is 2. The average Bonchev–Trinajstić information content (AvgIpc) is 3.02. The first-order valence-corrected chi connectivity index (χ1v) is 10.2. The molecule has 154 valence electrons. The third-order valence-electron chi connectivity index (χ3n) is 5.71. The molecule has 1 aromatic rings. The maximum Gasteiger partial charge on any atom is 0.335 e. The van der Waals surface area contributed by atoms with E-state index in [4.69, 9.17) is 5.11 Å². The monoisotopic (exact) mass is 387 g/mol. The quantitative estimate of drug-likeness (QED) is 0.594. The van der Waals surface area contributed by atoms with Gasteiger partial charge in [0.15, 0.2) is 0 Å². The van der Waals surface area contributed by atoms with E-state index < -0.39 is 12.1 Å². The molecule has 28 heavy (non-hydrogen) atoms. The molecule has 1 amide bonds. The standard InChI is InChI=1S/C23H33NO4/c1-4-5-15-23(2,3)20(25)12-10-19-11-13-21(26)24(19)16-14-17-6-8-18(9-7-17)22(27)28/h6-10,12,19-20,25H,4-5,11,13-16H2,1-3H3,(H,27,28)/b12-10+. The second-order valence-corrected chi connectivity index (χ2v) is 8.37. The first-order chi connectivity index (χ1) is 13.2. The van der Waals surface area contributed by atoms with Gasteiger partial charge in [0.1, 0.15) is 0 Å². The van der Waals surface area contributed by atoms with Gasteiger partial charge in [-0.25, -0.2) is 4.79 Å². The number of hydrogen-bond donors (Lipinski definition) is 2. The van der Waals surface area contributed by atoms with Gasteiger partial charge in [-0.1, -0.05) is 57.9 Å². The Labute approximate surface area is 168 Å². The summed E-state index contributed by atoms with van der Waals surface area (Å²) in [4.78, 5) is 25.1. The minimum absolute atomic E-state index is 0.0161. The molecular formula is C23H33NO4. The Balaban J connectivity index is 1.95. The van der Waals surface area contributed by atoms with Gasteiger partial charge in [0, 0.05) is 13.0 Å². The van der Waals surface area contributed by atoms with E-state index in [0.717, 1.165) is 31.2 Å². The molecule has 0 aromatic heterocycles. The Bertz CT molecular complexity index is 693. The molecule has 1 aliphatic rings. The van der Waals surface area contributed by atoms with Crippen LogP contribution in [0.15, 0.2) is 36.4 Å². The lowest BCUT2D eigenvalue weighted by molar-refractivity contribution is -0.128. The van der Waals surface area contributed by atoms with E-state index >= 15 is 0 Å². The highest BCUT2D eigenvalue weighted by Gasteiger charge is 2.30. The molecule has 5 heteroatoms. The Morgan fingerprint density at radius 3 is 2.61 bits per heavy atom. The summed E-state index contributed by atoms with van der Waals surface area (Å²) in [6.45, 7) is 6.90. The van der Waals surface area contributed by atoms with Crippen LogP contribution < -0.4 is 0 Å². The van der Waals surface area contributed by atoms with Crippen molar-refractivity contribution in [3.63, 3.8) is 0 Å². The summed E-state index contributed by atoms with van der Waals surface area (Å²) in [7, 11) is 0. The molecule has 2 rings (SSSR count). The third-order valence-corrected chi connectivity index (χ3v) is 5.71. The number of carboxylic acids is 1. The van der Waals surface area contributed by atoms with Crippen LogP contribution in [-0.2, 0) is 11.2 Å². The lowest BCUT2D eigenvalue weighted by atomic mass is 9.81. The van der Waals surface area contributed by atoms with Crippen LogP contribution in [0.4, 0.5) is 0 Å². The second kappa shape index (κ2) is 9.87. The summed E-state index contributed by atoms with van der Waals surface area (Å²) >= 11 is 0. The van der Waals surface area contributed by atoms with E-state index in [1.54, 1.807) is 24.3 Å². The molecule has 0 radical (unpaired) electrons. The molecule has 1 aliphatic heterocycles. The Morgan fingerprint density at radius 1 is 1.32 bits per heavy atom. The zero-order valence-corrected chi connectivity index (χ0v) is 17.2. The molecule has 5 nitrogen and oxygen atoms in total. The fraction of sp³-hybridized carbons (Fsp3) is 0.565. The number of nitrogens with zero attached hydrogens (tertiary/aromatic N) is 1. The topological polar surface area (TPSA) is 77.8 Å². The lowest BCUT2D eigenvalue weighted by Gasteiger charge is -2.29. The predicted molar refractivity (Wildman–Crippen MR) is 110 cm³/mol. The van der Waals surface area contributed by atoms with Gasteiger partial charge in [0.2, 0.25) is 5.91 Å². The fourth-order valence-electron chi connectivity index (χ4n) is 3.58. The average molecular weight is 388 g/mol. The van der Waals surface area contributed by atoms with Gasteiger partial charge in [0.25, 0.3) is 0 Å². The minimum atomic E-state index is -0.938. The van der Waals surface area contributed by atoms with Crippen molar-refractivity contribution in [2.45, 2.75) is 71.4 Å². The van der Waals surface area contributed by atoms with Crippen LogP contribution >= 0.6 is 0 Å². The Kier molecular flexibility index (Phi) is 7.81. The van der Waals surface area contributed by atoms with Gasteiger partial charge in [-0.2, -0.15) is 0 Å². The maximum absolute atomic E-state index is 12.3. The van der Waals surface area contributed by atoms with Crippen molar-refractivity contribution in [2.24, 2.45) is 5.41 Å². The van der Waals surface area contributed by atoms with Gasteiger partial charge in [-0.15, -0.1) is 0 Å². The molecule has 0 saturated carbocycles. The third kappa shape index (κ3) is 5.93. The summed E-state index contributed by atoms with van der Waals surface area (Å²) in [5.41, 5.74) is 1.10. The normalized spacial score (nSPS) is 18.8. The van der Waals surface area contributed by atoms with E-state index in [0.29, 0.717) is 19.4 Å². The Hall–Kier alpha value is -2.14. The zero-order chi connectivity index (χ0) is 20.7. The number of carbonyl (C=O) groups excluding carboxylic acids is 1. The molecule has 1 aromatic carbocycles. The number of benzene rings is 1. The number of likely N-dealkylation sites (tertiary alicyclic amines) is 1. The predicted octanol–water partition coefficient (Wildman–Crippen LogP) is 4.05. The van der Waals surface area contributed by atoms with Crippen LogP contribution in [0.1, 0.15) is 68.8 Å². The van der Waals surface area contributed by atoms with Crippen LogP contribution in [-0.4, -0.2) is 45.7 Å². The van der Waals surface area contributed by atoms with Crippen molar-refractivity contribution >= 4 is 11.9 Å². The number of rotatable bonds is 10. The summed E-state index contributed by atoms with van der Waals surface area (Å²) in [5.74, 6) is -0.802. The van der Waals surface area contributed by atoms with Gasteiger partial charge in [-0.3, -0.25) is 4.79 Å². The number of carboxylic acid groups (broad SMARTS) is 1. The van der Waals surface area contributed by atoms with Crippen molar-refractivity contribution in [3.05, 3.63) is 47.5 Å². The molecule has 1 saturated heterocycles. The number of unbranched alkanes of at least 4 members (excludes halogenated alkanes) is 1. The molecule has 0 bridgehead atoms. The van der Waals surface area contributed by atoms with Gasteiger partial charge >= 0.3 is 5.97 Å². The van der Waals surface area contributed by atoms with E-state index in [9.17, 15) is 14.7 Å². The molecule has 2 unspecified atom stereocenters. The first-order valence-electron chi connectivity index (χ1n) is 10.2. The van der Waals surface area contributed by atoms with E-state index in [-0.39, 0.29) is 22.9 Å². The fourth-order valence-corrected chi connectivity index (χ4v) is 3.58. The van der Waals surface area contributed by atoms with E-state index in [1.807, 2.05) is 17.1 Å². The highest BCUT2D eigenvalue weighted by atomic mass is 16.4. The maximum atomic E-state index is 12.3. The molecule has 0 aliphatic carbocycles. The van der Waals surface area contributed by atoms with Crippen LogP contribution in [0.5, 0.6) is 0 Å². The SMILES string of the molecule is CCCCC(C)(C)C(O)/C=C/C1CCC(=O)N1CCc1ccc(C(=O)O)cc1. The smallest absolute Gasteiger partial charge is 0.335 e. The van der Waals surface area contributed by atoms with Gasteiger partial charge in [-0.05, 0) is 42.4 Å². The first kappa shape index (κ1) is 22.2. The lowest BCUT2D eigenvalue weighted by Crippen LogP contribution is -2.34.